The fourth-order valence-electron chi connectivity index (χ4n) is 2.03. The first-order valence-corrected chi connectivity index (χ1v) is 4.72. The average molecular weight is 164 g/mol. The van der Waals surface area contributed by atoms with Crippen molar-refractivity contribution in [3.05, 3.63) is 22.5 Å². The van der Waals surface area contributed by atoms with E-state index in [0.29, 0.717) is 0 Å². The molecule has 0 saturated heterocycles. The Morgan fingerprint density at radius 3 is 2.92 bits per heavy atom. The van der Waals surface area contributed by atoms with Crippen molar-refractivity contribution in [3.8, 4) is 0 Å². The van der Waals surface area contributed by atoms with E-state index in [1.165, 1.54) is 23.4 Å². The lowest BCUT2D eigenvalue weighted by molar-refractivity contribution is 0.633. The first-order valence-electron chi connectivity index (χ1n) is 4.72. The highest BCUT2D eigenvalue weighted by atomic mass is 14.9. The third-order valence-corrected chi connectivity index (χ3v) is 2.78. The van der Waals surface area contributed by atoms with Crippen molar-refractivity contribution in [2.75, 3.05) is 6.54 Å². The number of rotatable bonds is 1. The molecule has 2 nitrogen and oxygen atoms in total. The summed E-state index contributed by atoms with van der Waals surface area (Å²) < 4.78 is 0. The van der Waals surface area contributed by atoms with Crippen LogP contribution in [0.5, 0.6) is 0 Å². The fraction of sp³-hybridized carbons (Fsp3) is 0.600. The van der Waals surface area contributed by atoms with Gasteiger partial charge in [0.15, 0.2) is 0 Å². The monoisotopic (exact) mass is 164 g/mol. The van der Waals surface area contributed by atoms with Crippen LogP contribution in [0.2, 0.25) is 0 Å². The quantitative estimate of drug-likeness (QED) is 0.647. The molecule has 0 unspecified atom stereocenters. The summed E-state index contributed by atoms with van der Waals surface area (Å²) in [7, 11) is 0. The molecule has 1 aromatic heterocycles. The molecule has 0 radical (unpaired) electrons. The van der Waals surface area contributed by atoms with Crippen LogP contribution < -0.4 is 5.32 Å². The van der Waals surface area contributed by atoms with Gasteiger partial charge in [-0.25, -0.2) is 0 Å². The number of aromatic nitrogens is 1. The Hall–Kier alpha value is -0.760. The Labute approximate surface area is 73.4 Å². The van der Waals surface area contributed by atoms with Gasteiger partial charge in [0.2, 0.25) is 0 Å². The SMILES string of the molecule is CCc1[nH]c2c(c1C)CCNC2. The summed E-state index contributed by atoms with van der Waals surface area (Å²) in [5.74, 6) is 0. The van der Waals surface area contributed by atoms with E-state index < -0.39 is 0 Å². The number of hydrogen-bond donors (Lipinski definition) is 2. The smallest absolute Gasteiger partial charge is 0.0360 e. The second kappa shape index (κ2) is 2.94. The fourth-order valence-corrected chi connectivity index (χ4v) is 2.03. The minimum absolute atomic E-state index is 1.02. The van der Waals surface area contributed by atoms with Crippen LogP contribution in [0.1, 0.15) is 29.4 Å². The summed E-state index contributed by atoms with van der Waals surface area (Å²) in [6.45, 7) is 6.60. The number of aromatic amines is 1. The molecule has 2 rings (SSSR count). The molecular weight excluding hydrogens is 148 g/mol. The van der Waals surface area contributed by atoms with E-state index >= 15 is 0 Å². The zero-order chi connectivity index (χ0) is 8.55. The summed E-state index contributed by atoms with van der Waals surface area (Å²) in [6.07, 6.45) is 2.32. The van der Waals surface area contributed by atoms with Crippen molar-refractivity contribution in [3.63, 3.8) is 0 Å². The Morgan fingerprint density at radius 1 is 1.42 bits per heavy atom. The van der Waals surface area contributed by atoms with Gasteiger partial charge in [-0.3, -0.25) is 0 Å². The molecule has 0 fully saturated rings. The molecule has 2 heteroatoms. The minimum Gasteiger partial charge on any atom is -0.361 e. The van der Waals surface area contributed by atoms with Gasteiger partial charge in [-0.15, -0.1) is 0 Å². The van der Waals surface area contributed by atoms with Crippen molar-refractivity contribution in [1.82, 2.24) is 10.3 Å². The van der Waals surface area contributed by atoms with Gasteiger partial charge in [-0.2, -0.15) is 0 Å². The lowest BCUT2D eigenvalue weighted by Gasteiger charge is -2.12. The Morgan fingerprint density at radius 2 is 2.25 bits per heavy atom. The van der Waals surface area contributed by atoms with Gasteiger partial charge < -0.3 is 10.3 Å². The summed E-state index contributed by atoms with van der Waals surface area (Å²) in [4.78, 5) is 3.49. The molecule has 0 amide bonds. The van der Waals surface area contributed by atoms with Gasteiger partial charge >= 0.3 is 0 Å². The number of H-pyrrole nitrogens is 1. The third kappa shape index (κ3) is 1.07. The summed E-state index contributed by atoms with van der Waals surface area (Å²) >= 11 is 0. The molecule has 0 aliphatic carbocycles. The molecule has 0 saturated carbocycles. The average Bonchev–Trinajstić information content (AvgIpc) is 2.44. The molecule has 1 aliphatic heterocycles. The normalized spacial score (nSPS) is 16.2. The molecule has 0 spiro atoms. The van der Waals surface area contributed by atoms with Crippen molar-refractivity contribution in [2.24, 2.45) is 0 Å². The molecule has 1 aromatic rings. The second-order valence-corrected chi connectivity index (χ2v) is 3.47. The maximum absolute atomic E-state index is 3.49. The van der Waals surface area contributed by atoms with Crippen LogP contribution >= 0.6 is 0 Å². The van der Waals surface area contributed by atoms with E-state index in [1.807, 2.05) is 0 Å². The Balaban J connectivity index is 2.44. The highest BCUT2D eigenvalue weighted by molar-refractivity contribution is 5.37. The largest absolute Gasteiger partial charge is 0.361 e. The lowest BCUT2D eigenvalue weighted by atomic mass is 10.0. The van der Waals surface area contributed by atoms with Crippen molar-refractivity contribution < 1.29 is 0 Å². The number of hydrogen-bond acceptors (Lipinski definition) is 1. The molecule has 0 aromatic carbocycles. The summed E-state index contributed by atoms with van der Waals surface area (Å²) in [5, 5.41) is 3.37. The molecule has 0 atom stereocenters. The van der Waals surface area contributed by atoms with Crippen LogP contribution in [0.3, 0.4) is 0 Å². The van der Waals surface area contributed by atoms with E-state index in [4.69, 9.17) is 0 Å². The molecule has 2 heterocycles. The van der Waals surface area contributed by atoms with Gasteiger partial charge in [-0.1, -0.05) is 6.92 Å². The summed E-state index contributed by atoms with van der Waals surface area (Å²) in [5.41, 5.74) is 5.89. The van der Waals surface area contributed by atoms with Gasteiger partial charge in [0, 0.05) is 17.9 Å². The molecule has 1 aliphatic rings. The Bertz CT molecular complexity index is 286. The minimum atomic E-state index is 1.02. The van der Waals surface area contributed by atoms with Gasteiger partial charge in [0.05, 0.1) is 0 Å². The third-order valence-electron chi connectivity index (χ3n) is 2.78. The van der Waals surface area contributed by atoms with E-state index in [2.05, 4.69) is 24.1 Å². The first kappa shape index (κ1) is 7.87. The number of nitrogens with one attached hydrogen (secondary N) is 2. The molecule has 66 valence electrons. The predicted octanol–water partition coefficient (Wildman–Crippen LogP) is 1.53. The van der Waals surface area contributed by atoms with Gasteiger partial charge in [0.25, 0.3) is 0 Å². The van der Waals surface area contributed by atoms with Crippen LogP contribution in [0.25, 0.3) is 0 Å². The Kier molecular flexibility index (Phi) is 1.93. The van der Waals surface area contributed by atoms with Crippen LogP contribution in [-0.2, 0) is 19.4 Å². The lowest BCUT2D eigenvalue weighted by Crippen LogP contribution is -2.23. The zero-order valence-electron chi connectivity index (χ0n) is 7.83. The van der Waals surface area contributed by atoms with Crippen LogP contribution in [0, 0.1) is 6.92 Å². The van der Waals surface area contributed by atoms with E-state index in [-0.39, 0.29) is 0 Å². The van der Waals surface area contributed by atoms with Crippen LogP contribution in [-0.4, -0.2) is 11.5 Å². The topological polar surface area (TPSA) is 27.8 Å². The van der Waals surface area contributed by atoms with E-state index in [9.17, 15) is 0 Å². The maximum atomic E-state index is 3.49. The van der Waals surface area contributed by atoms with Crippen LogP contribution in [0.15, 0.2) is 0 Å². The summed E-state index contributed by atoms with van der Waals surface area (Å²) in [6, 6.07) is 0. The van der Waals surface area contributed by atoms with Crippen molar-refractivity contribution in [1.29, 1.82) is 0 Å². The molecule has 0 bridgehead atoms. The highest BCUT2D eigenvalue weighted by Gasteiger charge is 2.15. The van der Waals surface area contributed by atoms with E-state index in [1.54, 1.807) is 5.56 Å². The van der Waals surface area contributed by atoms with E-state index in [0.717, 1.165) is 19.5 Å². The highest BCUT2D eigenvalue weighted by Crippen LogP contribution is 2.21. The number of aryl methyl sites for hydroxylation is 1. The van der Waals surface area contributed by atoms with Crippen LogP contribution in [0.4, 0.5) is 0 Å². The number of fused-ring (bicyclic) bond motifs is 1. The molecule has 12 heavy (non-hydrogen) atoms. The van der Waals surface area contributed by atoms with Crippen molar-refractivity contribution in [2.45, 2.75) is 33.2 Å². The standard InChI is InChI=1S/C10H16N2/c1-3-9-7(2)8-4-5-11-6-10(8)12-9/h11-12H,3-6H2,1-2H3. The molecular formula is C10H16N2. The van der Waals surface area contributed by atoms with Gasteiger partial charge in [-0.05, 0) is 37.4 Å². The van der Waals surface area contributed by atoms with Crippen molar-refractivity contribution >= 4 is 0 Å². The first-order chi connectivity index (χ1) is 5.83. The molecule has 2 N–H and O–H groups in total. The second-order valence-electron chi connectivity index (χ2n) is 3.47. The van der Waals surface area contributed by atoms with Gasteiger partial charge in [0.1, 0.15) is 0 Å². The predicted molar refractivity (Wildman–Crippen MR) is 50.3 cm³/mol. The zero-order valence-corrected chi connectivity index (χ0v) is 7.83. The maximum Gasteiger partial charge on any atom is 0.0360 e.